The highest BCUT2D eigenvalue weighted by atomic mass is 35.5. The Morgan fingerprint density at radius 3 is 2.64 bits per heavy atom. The molecule has 0 fully saturated rings. The highest BCUT2D eigenvalue weighted by molar-refractivity contribution is 6.39. The second-order valence-electron chi connectivity index (χ2n) is 5.19. The Hall–Kier alpha value is -1.52. The minimum atomic E-state index is -0.912. The van der Waals surface area contributed by atoms with Crippen molar-refractivity contribution in [2.75, 3.05) is 5.32 Å². The van der Waals surface area contributed by atoms with E-state index >= 15 is 0 Å². The van der Waals surface area contributed by atoms with Gasteiger partial charge in [0.1, 0.15) is 0 Å². The summed E-state index contributed by atoms with van der Waals surface area (Å²) in [6.07, 6.45) is 5.37. The van der Waals surface area contributed by atoms with Crippen molar-refractivity contribution < 1.29 is 14.3 Å². The fourth-order valence-electron chi connectivity index (χ4n) is 2.22. The van der Waals surface area contributed by atoms with Crippen molar-refractivity contribution in [2.45, 2.75) is 32.3 Å². The van der Waals surface area contributed by atoms with Gasteiger partial charge in [-0.2, -0.15) is 0 Å². The molecule has 0 saturated carbocycles. The normalized spacial score (nSPS) is 18.0. The van der Waals surface area contributed by atoms with Crippen molar-refractivity contribution in [1.29, 1.82) is 0 Å². The van der Waals surface area contributed by atoms with Crippen molar-refractivity contribution in [3.8, 4) is 0 Å². The molecule has 0 radical (unpaired) electrons. The number of benzene rings is 1. The highest BCUT2D eigenvalue weighted by Crippen LogP contribution is 2.30. The van der Waals surface area contributed by atoms with Crippen LogP contribution in [0.2, 0.25) is 10.0 Å². The molecule has 0 aromatic heterocycles. The quantitative estimate of drug-likeness (QED) is 0.644. The molecular weight excluding hydrogens is 325 g/mol. The third-order valence-electron chi connectivity index (χ3n) is 3.43. The van der Waals surface area contributed by atoms with Crippen molar-refractivity contribution in [1.82, 2.24) is 0 Å². The lowest BCUT2D eigenvalue weighted by Gasteiger charge is -2.16. The van der Waals surface area contributed by atoms with Gasteiger partial charge in [0.2, 0.25) is 0 Å². The summed E-state index contributed by atoms with van der Waals surface area (Å²) < 4.78 is 5.15. The van der Waals surface area contributed by atoms with Crippen LogP contribution in [0.4, 0.5) is 5.69 Å². The fourth-order valence-corrected chi connectivity index (χ4v) is 2.71. The van der Waals surface area contributed by atoms with Crippen LogP contribution in [0.5, 0.6) is 0 Å². The number of rotatable bonds is 5. The van der Waals surface area contributed by atoms with Crippen LogP contribution in [0.3, 0.4) is 0 Å². The minimum Gasteiger partial charge on any atom is -0.453 e. The SMILES string of the molecule is C[C@H](OC(=O)C[C@H]1C=CCC1)C(=O)Nc1c(Cl)cccc1Cl. The Labute approximate surface area is 139 Å². The standard InChI is InChI=1S/C16H17Cl2NO3/c1-10(22-14(20)9-11-5-2-3-6-11)16(21)19-15-12(17)7-4-8-13(15)18/h2,4-5,7-8,10-11H,3,6,9H2,1H3,(H,19,21)/t10-,11-/m0/s1. The maximum absolute atomic E-state index is 12.1. The zero-order chi connectivity index (χ0) is 16.1. The van der Waals surface area contributed by atoms with E-state index < -0.39 is 12.0 Å². The van der Waals surface area contributed by atoms with E-state index in [0.717, 1.165) is 12.8 Å². The molecule has 0 bridgehead atoms. The third kappa shape index (κ3) is 4.49. The molecular formula is C16H17Cl2NO3. The first-order chi connectivity index (χ1) is 10.5. The molecule has 0 spiro atoms. The van der Waals surface area contributed by atoms with Crippen LogP contribution >= 0.6 is 23.2 Å². The molecule has 2 rings (SSSR count). The van der Waals surface area contributed by atoms with E-state index in [1.54, 1.807) is 18.2 Å². The van der Waals surface area contributed by atoms with E-state index in [2.05, 4.69) is 5.32 Å². The molecule has 4 nitrogen and oxygen atoms in total. The zero-order valence-corrected chi connectivity index (χ0v) is 13.7. The van der Waals surface area contributed by atoms with Gasteiger partial charge in [-0.05, 0) is 37.8 Å². The number of amides is 1. The number of ether oxygens (including phenoxy) is 1. The van der Waals surface area contributed by atoms with Crippen LogP contribution in [0.15, 0.2) is 30.4 Å². The first-order valence-corrected chi connectivity index (χ1v) is 7.84. The summed E-state index contributed by atoms with van der Waals surface area (Å²) in [7, 11) is 0. The Balaban J connectivity index is 1.89. The Kier molecular flexibility index (Phi) is 5.86. The molecule has 1 amide bonds. The molecule has 1 aliphatic carbocycles. The van der Waals surface area contributed by atoms with Crippen molar-refractivity contribution in [3.63, 3.8) is 0 Å². The molecule has 2 atom stereocenters. The zero-order valence-electron chi connectivity index (χ0n) is 12.1. The average Bonchev–Trinajstić information content (AvgIpc) is 2.95. The van der Waals surface area contributed by atoms with Gasteiger partial charge in [0.05, 0.1) is 22.2 Å². The lowest BCUT2D eigenvalue weighted by atomic mass is 10.1. The molecule has 1 N–H and O–H groups in total. The van der Waals surface area contributed by atoms with Gasteiger partial charge < -0.3 is 10.1 Å². The first-order valence-electron chi connectivity index (χ1n) is 7.08. The fraction of sp³-hybridized carbons (Fsp3) is 0.375. The Morgan fingerprint density at radius 1 is 1.36 bits per heavy atom. The van der Waals surface area contributed by atoms with Gasteiger partial charge in [-0.15, -0.1) is 0 Å². The van der Waals surface area contributed by atoms with Gasteiger partial charge in [0.25, 0.3) is 5.91 Å². The number of hydrogen-bond acceptors (Lipinski definition) is 3. The lowest BCUT2D eigenvalue weighted by molar-refractivity contribution is -0.153. The van der Waals surface area contributed by atoms with Gasteiger partial charge >= 0.3 is 5.97 Å². The Morgan fingerprint density at radius 2 is 2.05 bits per heavy atom. The number of hydrogen-bond donors (Lipinski definition) is 1. The van der Waals surface area contributed by atoms with Gasteiger partial charge in [0, 0.05) is 0 Å². The van der Waals surface area contributed by atoms with Gasteiger partial charge in [-0.1, -0.05) is 41.4 Å². The second kappa shape index (κ2) is 7.65. The Bertz CT molecular complexity index is 581. The highest BCUT2D eigenvalue weighted by Gasteiger charge is 2.22. The topological polar surface area (TPSA) is 55.4 Å². The summed E-state index contributed by atoms with van der Waals surface area (Å²) in [6, 6.07) is 4.91. The number of anilines is 1. The number of carbonyl (C=O) groups is 2. The summed E-state index contributed by atoms with van der Waals surface area (Å²) >= 11 is 12.0. The minimum absolute atomic E-state index is 0.209. The van der Waals surface area contributed by atoms with E-state index in [0.29, 0.717) is 22.2 Å². The van der Waals surface area contributed by atoms with Crippen molar-refractivity contribution >= 4 is 40.8 Å². The molecule has 6 heteroatoms. The summed E-state index contributed by atoms with van der Waals surface area (Å²) in [5.74, 6) is -0.643. The van der Waals surface area contributed by atoms with Crippen LogP contribution in [-0.4, -0.2) is 18.0 Å². The van der Waals surface area contributed by atoms with Crippen molar-refractivity contribution in [3.05, 3.63) is 40.4 Å². The maximum atomic E-state index is 12.1. The third-order valence-corrected chi connectivity index (χ3v) is 4.06. The number of halogens is 2. The molecule has 22 heavy (non-hydrogen) atoms. The summed E-state index contributed by atoms with van der Waals surface area (Å²) in [4.78, 5) is 23.9. The molecule has 118 valence electrons. The van der Waals surface area contributed by atoms with Crippen LogP contribution in [0.25, 0.3) is 0 Å². The van der Waals surface area contributed by atoms with E-state index in [-0.39, 0.29) is 11.9 Å². The summed E-state index contributed by atoms with van der Waals surface area (Å²) in [5.41, 5.74) is 0.317. The van der Waals surface area contributed by atoms with Crippen LogP contribution in [-0.2, 0) is 14.3 Å². The summed E-state index contributed by atoms with van der Waals surface area (Å²) in [5, 5.41) is 3.24. The maximum Gasteiger partial charge on any atom is 0.307 e. The molecule has 1 aliphatic rings. The number of carbonyl (C=O) groups excluding carboxylic acids is 2. The monoisotopic (exact) mass is 341 g/mol. The molecule has 0 heterocycles. The van der Waals surface area contributed by atoms with Crippen LogP contribution in [0, 0.1) is 5.92 Å². The number of esters is 1. The molecule has 0 saturated heterocycles. The van der Waals surface area contributed by atoms with Gasteiger partial charge in [-0.3, -0.25) is 9.59 Å². The molecule has 0 aliphatic heterocycles. The number of para-hydroxylation sites is 1. The van der Waals surface area contributed by atoms with Crippen LogP contribution in [0.1, 0.15) is 26.2 Å². The van der Waals surface area contributed by atoms with E-state index in [1.165, 1.54) is 6.92 Å². The smallest absolute Gasteiger partial charge is 0.307 e. The van der Waals surface area contributed by atoms with Gasteiger partial charge in [-0.25, -0.2) is 0 Å². The number of allylic oxidation sites excluding steroid dienone is 2. The van der Waals surface area contributed by atoms with E-state index in [1.807, 2.05) is 12.2 Å². The second-order valence-corrected chi connectivity index (χ2v) is 6.00. The van der Waals surface area contributed by atoms with Crippen LogP contribution < -0.4 is 5.32 Å². The first kappa shape index (κ1) is 16.8. The predicted molar refractivity (Wildman–Crippen MR) is 87.1 cm³/mol. The largest absolute Gasteiger partial charge is 0.453 e. The lowest BCUT2D eigenvalue weighted by Crippen LogP contribution is -2.30. The molecule has 1 aromatic rings. The van der Waals surface area contributed by atoms with E-state index in [4.69, 9.17) is 27.9 Å². The average molecular weight is 342 g/mol. The van der Waals surface area contributed by atoms with E-state index in [9.17, 15) is 9.59 Å². The molecule has 0 unspecified atom stereocenters. The van der Waals surface area contributed by atoms with Gasteiger partial charge in [0.15, 0.2) is 6.10 Å². The van der Waals surface area contributed by atoms with Crippen molar-refractivity contribution in [2.24, 2.45) is 5.92 Å². The predicted octanol–water partition coefficient (Wildman–Crippen LogP) is 4.22. The molecule has 1 aromatic carbocycles. The summed E-state index contributed by atoms with van der Waals surface area (Å²) in [6.45, 7) is 1.52. The number of nitrogens with one attached hydrogen (secondary N) is 1.